The van der Waals surface area contributed by atoms with Crippen LogP contribution in [0.15, 0.2) is 4.99 Å². The first-order valence-electron chi connectivity index (χ1n) is 6.71. The number of hydrogen-bond donors (Lipinski definition) is 9. The lowest BCUT2D eigenvalue weighted by atomic mass is 10.2. The minimum absolute atomic E-state index is 0.964. The highest BCUT2D eigenvalue weighted by Crippen LogP contribution is 1.93. The summed E-state index contributed by atoms with van der Waals surface area (Å²) in [5.74, 6) is -6.00. The molecule has 0 aromatic carbocycles. The van der Waals surface area contributed by atoms with Gasteiger partial charge in [0.05, 0.1) is 12.4 Å². The lowest BCUT2D eigenvalue weighted by molar-refractivity contribution is -0.165. The average Bonchev–Trinajstić information content (AvgIpc) is 3.03. The van der Waals surface area contributed by atoms with Gasteiger partial charge in [-0.2, -0.15) is 0 Å². The van der Waals surface area contributed by atoms with Crippen molar-refractivity contribution in [2.45, 2.75) is 31.3 Å². The molecule has 14 heteroatoms. The maximum atomic E-state index is 9.77. The number of carboxylic acids is 4. The van der Waals surface area contributed by atoms with E-state index in [-0.39, 0.29) is 0 Å². The van der Waals surface area contributed by atoms with Crippen LogP contribution in [0.3, 0.4) is 0 Å². The van der Waals surface area contributed by atoms with Gasteiger partial charge in [-0.1, -0.05) is 0 Å². The van der Waals surface area contributed by atoms with Crippen molar-refractivity contribution >= 4 is 29.7 Å². The van der Waals surface area contributed by atoms with Crippen LogP contribution in [0.2, 0.25) is 0 Å². The summed E-state index contributed by atoms with van der Waals surface area (Å²) in [6.07, 6.45) is -9.06. The van der Waals surface area contributed by atoms with Crippen molar-refractivity contribution in [3.05, 3.63) is 0 Å². The van der Waals surface area contributed by atoms with Gasteiger partial charge in [-0.15, -0.1) is 0 Å². The van der Waals surface area contributed by atoms with Crippen molar-refractivity contribution in [3.8, 4) is 0 Å². The third kappa shape index (κ3) is 10.9. The molecule has 0 aromatic rings. The van der Waals surface area contributed by atoms with E-state index >= 15 is 0 Å². The molecule has 1 aliphatic heterocycles. The molecule has 0 aromatic heterocycles. The third-order valence-electron chi connectivity index (χ3n) is 2.45. The van der Waals surface area contributed by atoms with Crippen LogP contribution in [0.5, 0.6) is 0 Å². The van der Waals surface area contributed by atoms with Crippen LogP contribution in [0.1, 0.15) is 6.92 Å². The number of rotatable bonds is 6. The van der Waals surface area contributed by atoms with Gasteiger partial charge in [0.25, 0.3) is 0 Å². The van der Waals surface area contributed by atoms with Gasteiger partial charge in [0, 0.05) is 6.54 Å². The number of nitrogens with zero attached hydrogens (tertiary/aromatic N) is 1. The van der Waals surface area contributed by atoms with E-state index in [9.17, 15) is 19.2 Å². The van der Waals surface area contributed by atoms with Crippen LogP contribution in [-0.4, -0.2) is 108 Å². The van der Waals surface area contributed by atoms with E-state index in [4.69, 9.17) is 40.9 Å². The van der Waals surface area contributed by atoms with Gasteiger partial charge in [0.15, 0.2) is 24.4 Å². The summed E-state index contributed by atoms with van der Waals surface area (Å²) >= 11 is 0. The van der Waals surface area contributed by atoms with Crippen LogP contribution >= 0.6 is 0 Å². The van der Waals surface area contributed by atoms with Crippen molar-refractivity contribution in [2.24, 2.45) is 4.99 Å². The molecule has 26 heavy (non-hydrogen) atoms. The summed E-state index contributed by atoms with van der Waals surface area (Å²) in [6, 6.07) is 0. The molecule has 1 heterocycles. The number of aliphatic hydroxyl groups is 4. The van der Waals surface area contributed by atoms with Crippen molar-refractivity contribution in [1.82, 2.24) is 5.32 Å². The summed E-state index contributed by atoms with van der Waals surface area (Å²) < 4.78 is 0. The largest absolute Gasteiger partial charge is 0.479 e. The van der Waals surface area contributed by atoms with E-state index in [1.54, 1.807) is 0 Å². The zero-order valence-corrected chi connectivity index (χ0v) is 13.4. The highest BCUT2D eigenvalue weighted by molar-refractivity contribution is 5.83. The number of hydrogen-bond acceptors (Lipinski definition) is 10. The molecule has 4 atom stereocenters. The Morgan fingerprint density at radius 1 is 0.769 bits per heavy atom. The number of carboxylic acid groups (broad SMARTS) is 4. The Morgan fingerprint density at radius 2 is 1.04 bits per heavy atom. The Bertz CT molecular complexity index is 462. The van der Waals surface area contributed by atoms with Gasteiger partial charge in [0.1, 0.15) is 0 Å². The van der Waals surface area contributed by atoms with Gasteiger partial charge in [-0.3, -0.25) is 4.99 Å². The highest BCUT2D eigenvalue weighted by Gasteiger charge is 2.30. The van der Waals surface area contributed by atoms with Gasteiger partial charge in [-0.05, 0) is 6.92 Å². The molecule has 150 valence electrons. The molecule has 0 radical (unpaired) electrons. The van der Waals surface area contributed by atoms with E-state index < -0.39 is 48.3 Å². The van der Waals surface area contributed by atoms with Gasteiger partial charge >= 0.3 is 23.9 Å². The number of amidine groups is 1. The average molecular weight is 384 g/mol. The van der Waals surface area contributed by atoms with Crippen LogP contribution < -0.4 is 5.32 Å². The first kappa shape index (κ1) is 25.4. The normalized spacial score (nSPS) is 16.7. The highest BCUT2D eigenvalue weighted by atomic mass is 16.4. The number of aliphatic hydroxyl groups excluding tert-OH is 4. The number of aliphatic carboxylic acids is 4. The first-order chi connectivity index (χ1) is 11.8. The van der Waals surface area contributed by atoms with Crippen molar-refractivity contribution in [3.63, 3.8) is 0 Å². The molecule has 0 amide bonds. The predicted molar refractivity (Wildman–Crippen MR) is 80.5 cm³/mol. The Labute approximate surface area is 145 Å². The molecule has 1 rings (SSSR count). The smallest absolute Gasteiger partial charge is 0.335 e. The molecule has 0 fully saturated rings. The van der Waals surface area contributed by atoms with E-state index in [0.29, 0.717) is 0 Å². The molecule has 0 saturated heterocycles. The van der Waals surface area contributed by atoms with Crippen molar-refractivity contribution < 1.29 is 60.0 Å². The minimum Gasteiger partial charge on any atom is -0.479 e. The summed E-state index contributed by atoms with van der Waals surface area (Å²) in [5.41, 5.74) is 0. The molecule has 0 unspecified atom stereocenters. The molecule has 0 bridgehead atoms. The van der Waals surface area contributed by atoms with Crippen molar-refractivity contribution in [1.29, 1.82) is 0 Å². The zero-order valence-electron chi connectivity index (χ0n) is 13.4. The summed E-state index contributed by atoms with van der Waals surface area (Å²) in [7, 11) is 0. The number of carbonyl (C=O) groups is 4. The summed E-state index contributed by atoms with van der Waals surface area (Å²) in [5, 5.41) is 68.1. The Hall–Kier alpha value is -2.81. The monoisotopic (exact) mass is 384 g/mol. The van der Waals surface area contributed by atoms with E-state index in [1.165, 1.54) is 0 Å². The molecule has 0 aliphatic carbocycles. The predicted octanol–water partition coefficient (Wildman–Crippen LogP) is -4.24. The quantitative estimate of drug-likeness (QED) is 0.210. The Balaban J connectivity index is 0. The van der Waals surface area contributed by atoms with Crippen LogP contribution in [0.4, 0.5) is 0 Å². The first-order valence-corrected chi connectivity index (χ1v) is 6.71. The maximum Gasteiger partial charge on any atom is 0.335 e. The molecule has 14 nitrogen and oxygen atoms in total. The lowest BCUT2D eigenvalue weighted by Gasteiger charge is -2.07. The van der Waals surface area contributed by atoms with E-state index in [2.05, 4.69) is 10.3 Å². The molecule has 9 N–H and O–H groups in total. The number of aliphatic imine (C=N–C) groups is 1. The van der Waals surface area contributed by atoms with Crippen LogP contribution in [0, 0.1) is 0 Å². The summed E-state index contributed by atoms with van der Waals surface area (Å²) in [4.78, 5) is 43.1. The van der Waals surface area contributed by atoms with Crippen LogP contribution in [0.25, 0.3) is 0 Å². The van der Waals surface area contributed by atoms with E-state index in [1.807, 2.05) is 6.92 Å². The Kier molecular flexibility index (Phi) is 12.3. The third-order valence-corrected chi connectivity index (χ3v) is 2.45. The molecular formula is C12H20N2O12. The zero-order chi connectivity index (χ0) is 21.0. The second-order valence-electron chi connectivity index (χ2n) is 4.53. The summed E-state index contributed by atoms with van der Waals surface area (Å²) in [6.45, 7) is 3.98. The fourth-order valence-electron chi connectivity index (χ4n) is 1.06. The topological polar surface area (TPSA) is 255 Å². The fourth-order valence-corrected chi connectivity index (χ4v) is 1.06. The standard InChI is InChI=1S/C4H8N2.2C4H6O6/c1-4-5-2-3-6-4;2*5-1(3(7)8)2(6)4(9)10/h2-3H2,1H3,(H,5,6);2*1-2,5-6H,(H,7,8)(H,9,10)/t;2*1-,2-/m.11/s1. The van der Waals surface area contributed by atoms with E-state index in [0.717, 1.165) is 18.9 Å². The molecule has 1 aliphatic rings. The second kappa shape index (κ2) is 12.5. The number of nitrogens with one attached hydrogen (secondary N) is 1. The van der Waals surface area contributed by atoms with Gasteiger partial charge in [-0.25, -0.2) is 19.2 Å². The van der Waals surface area contributed by atoms with Gasteiger partial charge < -0.3 is 46.2 Å². The van der Waals surface area contributed by atoms with Crippen molar-refractivity contribution in [2.75, 3.05) is 13.1 Å². The molecular weight excluding hydrogens is 364 g/mol. The van der Waals surface area contributed by atoms with Gasteiger partial charge in [0.2, 0.25) is 0 Å². The minimum atomic E-state index is -2.27. The molecule has 0 spiro atoms. The Morgan fingerprint density at radius 3 is 1.12 bits per heavy atom. The fraction of sp³-hybridized carbons (Fsp3) is 0.583. The van der Waals surface area contributed by atoms with Crippen LogP contribution in [-0.2, 0) is 19.2 Å². The maximum absolute atomic E-state index is 9.77. The second-order valence-corrected chi connectivity index (χ2v) is 4.53. The molecule has 0 saturated carbocycles. The lowest BCUT2D eigenvalue weighted by Crippen LogP contribution is -2.39. The SMILES string of the molecule is CC1=NCCN1.O=C(O)[C@H](O)[C@@H](O)C(=O)O.O=C(O)[C@H](O)[C@@H](O)C(=O)O.